The van der Waals surface area contributed by atoms with Crippen molar-refractivity contribution in [3.8, 4) is 5.75 Å². The van der Waals surface area contributed by atoms with E-state index in [1.54, 1.807) is 24.3 Å². The van der Waals surface area contributed by atoms with Crippen molar-refractivity contribution in [3.63, 3.8) is 0 Å². The van der Waals surface area contributed by atoms with E-state index >= 15 is 0 Å². The topological polar surface area (TPSA) is 150 Å². The maximum absolute atomic E-state index is 12.5. The Morgan fingerprint density at radius 2 is 1.78 bits per heavy atom. The summed E-state index contributed by atoms with van der Waals surface area (Å²) in [6, 6.07) is 11.0. The number of imide groups is 1. The molecular formula is C21H19N5O6. The molecular weight excluding hydrogens is 418 g/mol. The van der Waals surface area contributed by atoms with Gasteiger partial charge in [0.05, 0.1) is 24.1 Å². The van der Waals surface area contributed by atoms with Crippen molar-refractivity contribution in [2.45, 2.75) is 19.4 Å². The van der Waals surface area contributed by atoms with Crippen molar-refractivity contribution in [1.29, 1.82) is 0 Å². The number of methoxy groups -OCH3 is 1. The molecule has 0 aromatic heterocycles. The molecule has 2 aromatic rings. The fraction of sp³-hybridized carbons (Fsp3) is 0.190. The van der Waals surface area contributed by atoms with Gasteiger partial charge in [0, 0.05) is 5.69 Å². The van der Waals surface area contributed by atoms with E-state index in [0.717, 1.165) is 0 Å². The zero-order chi connectivity index (χ0) is 23.3. The van der Waals surface area contributed by atoms with Crippen LogP contribution in [-0.4, -0.2) is 52.7 Å². The van der Waals surface area contributed by atoms with Crippen molar-refractivity contribution in [1.82, 2.24) is 5.01 Å². The number of carbonyl (C=O) groups is 4. The van der Waals surface area contributed by atoms with Gasteiger partial charge in [-0.05, 0) is 55.5 Å². The number of aromatic carboxylic acids is 1. The van der Waals surface area contributed by atoms with Gasteiger partial charge in [-0.2, -0.15) is 20.3 Å². The first kappa shape index (κ1) is 22.3. The monoisotopic (exact) mass is 437 g/mol. The lowest BCUT2D eigenvalue weighted by molar-refractivity contribution is -0.144. The molecule has 1 aliphatic rings. The van der Waals surface area contributed by atoms with E-state index in [-0.39, 0.29) is 11.3 Å². The third-order valence-corrected chi connectivity index (χ3v) is 4.42. The summed E-state index contributed by atoms with van der Waals surface area (Å²) >= 11 is 0. The zero-order valence-electron chi connectivity index (χ0n) is 17.2. The Bertz CT molecular complexity index is 1110. The minimum Gasteiger partial charge on any atom is -0.497 e. The summed E-state index contributed by atoms with van der Waals surface area (Å²) < 4.78 is 5.04. The highest BCUT2D eigenvalue weighted by atomic mass is 16.5. The van der Waals surface area contributed by atoms with Crippen LogP contribution in [0.15, 0.2) is 63.9 Å². The summed E-state index contributed by atoms with van der Waals surface area (Å²) in [7, 11) is 1.52. The molecule has 0 fully saturated rings. The Kier molecular flexibility index (Phi) is 6.68. The molecule has 0 radical (unpaired) electrons. The summed E-state index contributed by atoms with van der Waals surface area (Å²) in [6.07, 6.45) is -0.588. The second kappa shape index (κ2) is 9.60. The van der Waals surface area contributed by atoms with Crippen LogP contribution in [0.4, 0.5) is 11.4 Å². The number of hydrogen-bond donors (Lipinski definition) is 2. The van der Waals surface area contributed by atoms with Gasteiger partial charge in [0.15, 0.2) is 6.04 Å². The summed E-state index contributed by atoms with van der Waals surface area (Å²) in [5.41, 5.74) is 1.13. The number of hydrazone groups is 1. The quantitative estimate of drug-likeness (QED) is 0.502. The van der Waals surface area contributed by atoms with E-state index in [4.69, 9.17) is 9.84 Å². The van der Waals surface area contributed by atoms with E-state index in [9.17, 15) is 19.2 Å². The standard InChI is InChI=1S/C21H19N5O6/c1-12-19(24-23-15-5-3-13(4-6-15)21(30)31)20(29)26(25-12)18(28)11-17(27)22-14-7-9-16(32-2)10-8-14/h3-10,19H,11H2,1-2H3,(H,22,27)(H,30,31)/t19-/m0/s1. The first-order valence-corrected chi connectivity index (χ1v) is 9.38. The molecule has 11 heteroatoms. The minimum absolute atomic E-state index is 0.0864. The molecule has 1 aliphatic heterocycles. The Hall–Kier alpha value is -4.41. The van der Waals surface area contributed by atoms with E-state index in [2.05, 4.69) is 20.6 Å². The van der Waals surface area contributed by atoms with Gasteiger partial charge in [-0.1, -0.05) is 0 Å². The van der Waals surface area contributed by atoms with E-state index in [0.29, 0.717) is 22.1 Å². The molecule has 3 rings (SSSR count). The van der Waals surface area contributed by atoms with E-state index < -0.39 is 36.2 Å². The van der Waals surface area contributed by atoms with Crippen molar-refractivity contribution >= 4 is 40.8 Å². The number of amides is 3. The second-order valence-electron chi connectivity index (χ2n) is 6.71. The fourth-order valence-electron chi connectivity index (χ4n) is 2.75. The maximum atomic E-state index is 12.5. The van der Waals surface area contributed by atoms with Crippen LogP contribution in [0.25, 0.3) is 0 Å². The molecule has 11 nitrogen and oxygen atoms in total. The molecule has 0 saturated heterocycles. The van der Waals surface area contributed by atoms with Crippen LogP contribution in [0.3, 0.4) is 0 Å². The number of rotatable bonds is 7. The minimum atomic E-state index is -1.11. The highest BCUT2D eigenvalue weighted by Gasteiger charge is 2.38. The Balaban J connectivity index is 1.60. The molecule has 3 amide bonds. The number of hydrogen-bond acceptors (Lipinski definition) is 8. The van der Waals surface area contributed by atoms with Crippen LogP contribution < -0.4 is 10.1 Å². The van der Waals surface area contributed by atoms with Gasteiger partial charge < -0.3 is 15.2 Å². The van der Waals surface area contributed by atoms with Crippen LogP contribution >= 0.6 is 0 Å². The maximum Gasteiger partial charge on any atom is 0.335 e. The molecule has 164 valence electrons. The third-order valence-electron chi connectivity index (χ3n) is 4.42. The van der Waals surface area contributed by atoms with E-state index in [1.807, 2.05) is 0 Å². The van der Waals surface area contributed by atoms with Crippen LogP contribution in [0, 0.1) is 0 Å². The Morgan fingerprint density at radius 1 is 1.12 bits per heavy atom. The van der Waals surface area contributed by atoms with Crippen LogP contribution in [0.1, 0.15) is 23.7 Å². The number of nitrogens with one attached hydrogen (secondary N) is 1. The normalized spacial score (nSPS) is 15.6. The molecule has 0 unspecified atom stereocenters. The van der Waals surface area contributed by atoms with Crippen LogP contribution in [-0.2, 0) is 14.4 Å². The molecule has 32 heavy (non-hydrogen) atoms. The molecule has 0 bridgehead atoms. The van der Waals surface area contributed by atoms with Crippen molar-refractivity contribution in [2.24, 2.45) is 15.3 Å². The van der Waals surface area contributed by atoms with Crippen LogP contribution in [0.5, 0.6) is 5.75 Å². The summed E-state index contributed by atoms with van der Waals surface area (Å²) in [6.45, 7) is 1.51. The largest absolute Gasteiger partial charge is 0.497 e. The first-order valence-electron chi connectivity index (χ1n) is 9.38. The number of ether oxygens (including phenoxy) is 1. The molecule has 0 saturated carbocycles. The van der Waals surface area contributed by atoms with Gasteiger partial charge >= 0.3 is 5.97 Å². The van der Waals surface area contributed by atoms with Gasteiger partial charge in [-0.3, -0.25) is 14.4 Å². The van der Waals surface area contributed by atoms with Gasteiger partial charge in [0.1, 0.15) is 12.2 Å². The van der Waals surface area contributed by atoms with Crippen molar-refractivity contribution < 1.29 is 29.0 Å². The van der Waals surface area contributed by atoms with Crippen molar-refractivity contribution in [2.75, 3.05) is 12.4 Å². The zero-order valence-corrected chi connectivity index (χ0v) is 17.2. The Morgan fingerprint density at radius 3 is 2.38 bits per heavy atom. The Labute approximate surface area is 182 Å². The third kappa shape index (κ3) is 5.19. The van der Waals surface area contributed by atoms with Gasteiger partial charge in [0.2, 0.25) is 5.91 Å². The molecule has 1 heterocycles. The number of carboxylic acids is 1. The lowest BCUT2D eigenvalue weighted by Gasteiger charge is -2.11. The highest BCUT2D eigenvalue weighted by molar-refractivity contribution is 6.18. The number of carbonyl (C=O) groups excluding carboxylic acids is 3. The average molecular weight is 437 g/mol. The predicted molar refractivity (Wildman–Crippen MR) is 113 cm³/mol. The van der Waals surface area contributed by atoms with Crippen LogP contribution in [0.2, 0.25) is 0 Å². The van der Waals surface area contributed by atoms with Gasteiger partial charge in [0.25, 0.3) is 11.8 Å². The summed E-state index contributed by atoms with van der Waals surface area (Å²) in [5.74, 6) is -2.60. The summed E-state index contributed by atoms with van der Waals surface area (Å²) in [4.78, 5) is 48.0. The number of carboxylic acid groups (broad SMARTS) is 1. The summed E-state index contributed by atoms with van der Waals surface area (Å²) in [5, 5.41) is 23.8. The number of nitrogens with zero attached hydrogens (tertiary/aromatic N) is 4. The number of anilines is 1. The second-order valence-corrected chi connectivity index (χ2v) is 6.71. The number of benzene rings is 2. The lowest BCUT2D eigenvalue weighted by Crippen LogP contribution is -2.36. The lowest BCUT2D eigenvalue weighted by atomic mass is 10.2. The molecule has 1 atom stereocenters. The highest BCUT2D eigenvalue weighted by Crippen LogP contribution is 2.19. The number of azo groups is 1. The molecule has 0 aliphatic carbocycles. The molecule has 2 N–H and O–H groups in total. The molecule has 0 spiro atoms. The van der Waals surface area contributed by atoms with E-state index in [1.165, 1.54) is 38.3 Å². The SMILES string of the molecule is COc1ccc(NC(=O)CC(=O)N2N=C(C)[C@H](N=Nc3ccc(C(=O)O)cc3)C2=O)cc1. The fourth-order valence-corrected chi connectivity index (χ4v) is 2.75. The predicted octanol–water partition coefficient (Wildman–Crippen LogP) is 2.62. The average Bonchev–Trinajstić information content (AvgIpc) is 3.06. The van der Waals surface area contributed by atoms with Gasteiger partial charge in [-0.15, -0.1) is 0 Å². The first-order chi connectivity index (χ1) is 15.3. The van der Waals surface area contributed by atoms with Crippen molar-refractivity contribution in [3.05, 3.63) is 54.1 Å². The molecule has 2 aromatic carbocycles. The van der Waals surface area contributed by atoms with Gasteiger partial charge in [-0.25, -0.2) is 4.79 Å². The smallest absolute Gasteiger partial charge is 0.335 e.